The van der Waals surface area contributed by atoms with Crippen LogP contribution in [0.3, 0.4) is 0 Å². The van der Waals surface area contributed by atoms with Crippen LogP contribution in [0.25, 0.3) is 0 Å². The normalized spacial score (nSPS) is 14.2. The number of anilines is 2. The van der Waals surface area contributed by atoms with Crippen LogP contribution in [0.1, 0.15) is 16.9 Å². The quantitative estimate of drug-likeness (QED) is 0.839. The van der Waals surface area contributed by atoms with Gasteiger partial charge in [-0.3, -0.25) is 9.69 Å². The number of carbonyl (C=O) groups is 1. The maximum absolute atomic E-state index is 12.6. The Morgan fingerprint density at radius 2 is 2.20 bits per heavy atom. The van der Waals surface area contributed by atoms with Crippen molar-refractivity contribution in [3.63, 3.8) is 0 Å². The Morgan fingerprint density at radius 1 is 1.40 bits per heavy atom. The molecule has 2 aromatic heterocycles. The molecule has 0 bridgehead atoms. The van der Waals surface area contributed by atoms with Crippen molar-refractivity contribution in [1.29, 1.82) is 0 Å². The van der Waals surface area contributed by atoms with Crippen LogP contribution < -0.4 is 10.6 Å². The summed E-state index contributed by atoms with van der Waals surface area (Å²) in [5.74, 6) is 0.433. The van der Waals surface area contributed by atoms with E-state index in [4.69, 9.17) is 17.3 Å². The third-order valence-corrected chi connectivity index (χ3v) is 4.06. The highest BCUT2D eigenvalue weighted by Crippen LogP contribution is 2.25. The Kier molecular flexibility index (Phi) is 3.35. The van der Waals surface area contributed by atoms with E-state index in [1.165, 1.54) is 0 Å². The molecule has 104 valence electrons. The smallest absolute Gasteiger partial charge is 0.281 e. The summed E-state index contributed by atoms with van der Waals surface area (Å²) in [6.07, 6.45) is 2.48. The van der Waals surface area contributed by atoms with Crippen molar-refractivity contribution >= 4 is 45.1 Å². The topological polar surface area (TPSA) is 89.9 Å². The maximum Gasteiger partial charge on any atom is 0.281 e. The molecule has 0 radical (unpaired) electrons. The minimum atomic E-state index is -0.311. The average Bonchev–Trinajstić information content (AvgIpc) is 2.90. The number of nitrogens with two attached hydrogens (primary N) is 1. The first-order valence-electron chi connectivity index (χ1n) is 5.90. The van der Waals surface area contributed by atoms with E-state index >= 15 is 0 Å². The summed E-state index contributed by atoms with van der Waals surface area (Å²) in [5.41, 5.74) is 5.82. The number of fused-ring (bicyclic) bond motifs is 1. The van der Waals surface area contributed by atoms with Crippen LogP contribution in [0.2, 0.25) is 5.15 Å². The second kappa shape index (κ2) is 5.02. The summed E-state index contributed by atoms with van der Waals surface area (Å²) in [5, 5.41) is 4.29. The Balaban J connectivity index is 2.01. The average molecular weight is 358 g/mol. The summed E-state index contributed by atoms with van der Waals surface area (Å²) >= 11 is 8.95. The second-order valence-electron chi connectivity index (χ2n) is 4.26. The minimum absolute atomic E-state index is 0.0137. The van der Waals surface area contributed by atoms with Crippen molar-refractivity contribution in [2.75, 3.05) is 17.2 Å². The summed E-state index contributed by atoms with van der Waals surface area (Å²) in [7, 11) is 0. The Hall–Kier alpha value is -1.67. The molecule has 7 nitrogen and oxygen atoms in total. The van der Waals surface area contributed by atoms with Gasteiger partial charge in [-0.2, -0.15) is 5.10 Å². The minimum Gasteiger partial charge on any atom is -0.382 e. The number of nitrogens with zero attached hydrogens (tertiary/aromatic N) is 5. The number of amides is 1. The number of rotatable bonds is 1. The van der Waals surface area contributed by atoms with Gasteiger partial charge in [0.05, 0.1) is 6.20 Å². The molecule has 0 saturated heterocycles. The van der Waals surface area contributed by atoms with Gasteiger partial charge in [-0.05, 0) is 22.4 Å². The zero-order chi connectivity index (χ0) is 14.3. The first-order chi connectivity index (χ1) is 9.58. The number of halogens is 2. The molecule has 0 spiro atoms. The number of hydrogen-bond acceptors (Lipinski definition) is 5. The van der Waals surface area contributed by atoms with Crippen LogP contribution in [-0.2, 0) is 6.54 Å². The van der Waals surface area contributed by atoms with Gasteiger partial charge in [-0.15, -0.1) is 0 Å². The summed E-state index contributed by atoms with van der Waals surface area (Å²) < 4.78 is 2.07. The third-order valence-electron chi connectivity index (χ3n) is 3.01. The molecule has 2 aromatic rings. The zero-order valence-electron chi connectivity index (χ0n) is 10.3. The first-order valence-corrected chi connectivity index (χ1v) is 7.07. The molecule has 0 saturated carbocycles. The van der Waals surface area contributed by atoms with Gasteiger partial charge in [0.25, 0.3) is 5.91 Å². The third kappa shape index (κ3) is 2.14. The van der Waals surface area contributed by atoms with Crippen molar-refractivity contribution in [3.8, 4) is 0 Å². The fraction of sp³-hybridized carbons (Fsp3) is 0.273. The maximum atomic E-state index is 12.6. The lowest BCUT2D eigenvalue weighted by atomic mass is 10.2. The van der Waals surface area contributed by atoms with E-state index in [0.717, 1.165) is 18.8 Å². The molecular weight excluding hydrogens is 348 g/mol. The van der Waals surface area contributed by atoms with Gasteiger partial charge in [0.2, 0.25) is 0 Å². The Bertz CT molecular complexity index is 688. The van der Waals surface area contributed by atoms with Gasteiger partial charge in [0, 0.05) is 19.2 Å². The van der Waals surface area contributed by atoms with Gasteiger partial charge in [0.1, 0.15) is 10.4 Å². The van der Waals surface area contributed by atoms with Crippen molar-refractivity contribution in [2.45, 2.75) is 13.0 Å². The lowest BCUT2D eigenvalue weighted by Crippen LogP contribution is -2.38. The highest BCUT2D eigenvalue weighted by Gasteiger charge is 2.27. The van der Waals surface area contributed by atoms with Crippen molar-refractivity contribution in [3.05, 3.63) is 27.7 Å². The molecule has 1 amide bonds. The van der Waals surface area contributed by atoms with Crippen LogP contribution in [0.4, 0.5) is 11.6 Å². The van der Waals surface area contributed by atoms with Crippen LogP contribution in [0.15, 0.2) is 16.9 Å². The fourth-order valence-electron chi connectivity index (χ4n) is 2.12. The number of nitrogen functional groups attached to an aromatic ring is 1. The second-order valence-corrected chi connectivity index (χ2v) is 5.37. The summed E-state index contributed by atoms with van der Waals surface area (Å²) in [6.45, 7) is 1.38. The summed E-state index contributed by atoms with van der Waals surface area (Å²) in [4.78, 5) is 22.2. The van der Waals surface area contributed by atoms with Crippen LogP contribution >= 0.6 is 27.5 Å². The largest absolute Gasteiger partial charge is 0.382 e. The van der Waals surface area contributed by atoms with Crippen molar-refractivity contribution in [2.24, 2.45) is 0 Å². The molecule has 3 heterocycles. The molecular formula is C11H10BrClN6O. The van der Waals surface area contributed by atoms with Crippen molar-refractivity contribution < 1.29 is 4.79 Å². The van der Waals surface area contributed by atoms with E-state index in [9.17, 15) is 4.79 Å². The van der Waals surface area contributed by atoms with Crippen LogP contribution in [0.5, 0.6) is 0 Å². The number of carbonyl (C=O) groups excluding carboxylic acids is 1. The number of aromatic nitrogens is 4. The lowest BCUT2D eigenvalue weighted by molar-refractivity contribution is 0.0977. The zero-order valence-corrected chi connectivity index (χ0v) is 12.6. The van der Waals surface area contributed by atoms with E-state index < -0.39 is 0 Å². The molecule has 0 aliphatic carbocycles. The van der Waals surface area contributed by atoms with Crippen molar-refractivity contribution in [1.82, 2.24) is 19.7 Å². The standard InChI is InChI=1S/C11H10BrClN6O/c12-8-9(13)17-10(14)7(16-8)11(20)18-4-1-5-19-6(18)2-3-15-19/h2-3H,1,4-5H2,(H2,14,17). The molecule has 1 aliphatic rings. The Labute approximate surface area is 127 Å². The fourth-order valence-corrected chi connectivity index (χ4v) is 2.52. The molecule has 1 aliphatic heterocycles. The van der Waals surface area contributed by atoms with Gasteiger partial charge < -0.3 is 5.73 Å². The molecule has 0 unspecified atom stereocenters. The summed E-state index contributed by atoms with van der Waals surface area (Å²) in [6, 6.07) is 1.78. The highest BCUT2D eigenvalue weighted by atomic mass is 79.9. The predicted octanol–water partition coefficient (Wildman–Crippen LogP) is 1.72. The lowest BCUT2D eigenvalue weighted by Gasteiger charge is -2.27. The number of hydrogen-bond donors (Lipinski definition) is 1. The van der Waals surface area contributed by atoms with Gasteiger partial charge in [-0.1, -0.05) is 11.6 Å². The van der Waals surface area contributed by atoms with E-state index in [2.05, 4.69) is 31.0 Å². The molecule has 20 heavy (non-hydrogen) atoms. The van der Waals surface area contributed by atoms with Gasteiger partial charge >= 0.3 is 0 Å². The molecule has 3 rings (SSSR count). The van der Waals surface area contributed by atoms with Gasteiger partial charge in [0.15, 0.2) is 16.7 Å². The van der Waals surface area contributed by atoms with Crippen LogP contribution in [-0.4, -0.2) is 32.2 Å². The molecule has 0 fully saturated rings. The molecule has 2 N–H and O–H groups in total. The van der Waals surface area contributed by atoms with E-state index in [0.29, 0.717) is 11.1 Å². The van der Waals surface area contributed by atoms with Gasteiger partial charge in [-0.25, -0.2) is 14.6 Å². The first kappa shape index (κ1) is 13.3. The van der Waals surface area contributed by atoms with E-state index in [1.807, 2.05) is 0 Å². The highest BCUT2D eigenvalue weighted by molar-refractivity contribution is 9.10. The van der Waals surface area contributed by atoms with E-state index in [-0.39, 0.29) is 22.6 Å². The Morgan fingerprint density at radius 3 is 3.00 bits per heavy atom. The van der Waals surface area contributed by atoms with Crippen LogP contribution in [0, 0.1) is 0 Å². The molecule has 0 aromatic carbocycles. The monoisotopic (exact) mass is 356 g/mol. The molecule has 9 heteroatoms. The molecule has 0 atom stereocenters. The number of aryl methyl sites for hydroxylation is 1. The van der Waals surface area contributed by atoms with E-state index in [1.54, 1.807) is 21.8 Å². The predicted molar refractivity (Wildman–Crippen MR) is 77.7 cm³/mol. The SMILES string of the molecule is Nc1nc(Cl)c(Br)nc1C(=O)N1CCCn2nccc21.